The molecule has 0 aliphatic carbocycles. The summed E-state index contributed by atoms with van der Waals surface area (Å²) in [5, 5.41) is 24.4. The molecule has 3 aromatic rings. The molecule has 5 heterocycles. The van der Waals surface area contributed by atoms with Crippen LogP contribution in [0.3, 0.4) is 0 Å². The third-order valence-electron chi connectivity index (χ3n) is 6.32. The normalized spacial score (nSPS) is 19.1. The summed E-state index contributed by atoms with van der Waals surface area (Å²) < 4.78 is 1.55. The summed E-state index contributed by atoms with van der Waals surface area (Å²) in [6.45, 7) is 1.22. The summed E-state index contributed by atoms with van der Waals surface area (Å²) in [7, 11) is 0. The number of β-lactam (4-membered cyclic amide) rings is 1. The lowest BCUT2D eigenvalue weighted by atomic mass is 10.0. The molecule has 0 radical (unpaired) electrons. The third kappa shape index (κ3) is 5.68. The summed E-state index contributed by atoms with van der Waals surface area (Å²) in [6.07, 6.45) is 1.66. The van der Waals surface area contributed by atoms with Gasteiger partial charge in [0.05, 0.1) is 5.52 Å². The summed E-state index contributed by atoms with van der Waals surface area (Å²) in [6, 6.07) is 0.371. The number of pyridine rings is 1. The van der Waals surface area contributed by atoms with Crippen LogP contribution in [0.4, 0.5) is 5.13 Å². The molecule has 1 fully saturated rings. The molecule has 0 bridgehead atoms. The Balaban J connectivity index is 1.38. The Kier molecular flexibility index (Phi) is 7.95. The van der Waals surface area contributed by atoms with Crippen molar-refractivity contribution in [2.45, 2.75) is 31.0 Å². The summed E-state index contributed by atoms with van der Waals surface area (Å²) in [5.41, 5.74) is 4.10. The number of nitrogens with zero attached hydrogens (tertiary/aromatic N) is 4. The number of thiazole rings is 1. The van der Waals surface area contributed by atoms with Crippen molar-refractivity contribution in [1.82, 2.24) is 25.2 Å². The minimum absolute atomic E-state index is 0.00629. The molecule has 1 saturated heterocycles. The number of oxime groups is 1. The molecular formula is C23H20ClN8O9S2+. The van der Waals surface area contributed by atoms with Crippen molar-refractivity contribution in [3.8, 4) is 0 Å². The van der Waals surface area contributed by atoms with Crippen molar-refractivity contribution < 1.29 is 38.8 Å². The fraction of sp³-hybridized carbons (Fsp3) is 0.261. The number of fused-ring (bicyclic) bond motifs is 2. The first-order valence-electron chi connectivity index (χ1n) is 12.1. The van der Waals surface area contributed by atoms with Crippen molar-refractivity contribution in [2.24, 2.45) is 5.16 Å². The molecule has 43 heavy (non-hydrogen) atoms. The van der Waals surface area contributed by atoms with E-state index in [0.717, 1.165) is 16.2 Å². The minimum Gasteiger partial charge on any atom is -0.478 e. The van der Waals surface area contributed by atoms with Gasteiger partial charge in [-0.25, -0.2) is 14.6 Å². The predicted molar refractivity (Wildman–Crippen MR) is 151 cm³/mol. The van der Waals surface area contributed by atoms with Gasteiger partial charge >= 0.3 is 23.1 Å². The van der Waals surface area contributed by atoms with Gasteiger partial charge in [0, 0.05) is 17.4 Å². The minimum atomic E-state index is -1.43. The van der Waals surface area contributed by atoms with E-state index in [1.807, 2.05) is 0 Å². The average molecular weight is 652 g/mol. The van der Waals surface area contributed by atoms with E-state index in [-0.39, 0.29) is 33.2 Å². The third-order valence-corrected chi connectivity index (χ3v) is 8.74. The maximum Gasteiger partial charge on any atom is 0.352 e. The summed E-state index contributed by atoms with van der Waals surface area (Å²) in [5.74, 6) is -4.24. The number of rotatable bonds is 9. The van der Waals surface area contributed by atoms with Crippen LogP contribution < -0.4 is 26.7 Å². The summed E-state index contributed by atoms with van der Waals surface area (Å²) in [4.78, 5) is 87.9. The van der Waals surface area contributed by atoms with Crippen LogP contribution >= 0.6 is 34.7 Å². The molecule has 0 spiro atoms. The second-order valence-electron chi connectivity index (χ2n) is 9.17. The molecule has 17 nitrogen and oxygen atoms in total. The van der Waals surface area contributed by atoms with E-state index in [9.17, 15) is 33.9 Å². The number of hydrogen-bond donors (Lipinski definition) is 6. The lowest BCUT2D eigenvalue weighted by molar-refractivity contribution is -0.687. The Morgan fingerprint density at radius 3 is 2.60 bits per heavy atom. The number of amides is 2. The fourth-order valence-corrected chi connectivity index (χ4v) is 6.53. The SMILES string of the molecule is C[C@H](ON=C(C(=O)N[C@@H]1C(=O)N2C(C(=O)O)=C(C[n+]3ccc4[nH]c(=O)c(=O)[nH]c4c3)CSC12)c1nc(N)sc1Cl)C(=O)O. The Morgan fingerprint density at radius 1 is 1.28 bits per heavy atom. The number of aliphatic carboxylic acids is 2. The number of carbonyl (C=O) groups excluding carboxylic acids is 2. The van der Waals surface area contributed by atoms with Gasteiger partial charge in [0.2, 0.25) is 6.10 Å². The number of thioether (sulfide) groups is 1. The van der Waals surface area contributed by atoms with Gasteiger partial charge < -0.3 is 36.1 Å². The van der Waals surface area contributed by atoms with Gasteiger partial charge in [-0.3, -0.25) is 24.1 Å². The number of nitrogen functional groups attached to an aromatic ring is 1. The number of aromatic nitrogens is 4. The van der Waals surface area contributed by atoms with Gasteiger partial charge in [-0.2, -0.15) is 4.57 Å². The van der Waals surface area contributed by atoms with Gasteiger partial charge in [0.1, 0.15) is 32.7 Å². The zero-order valence-corrected chi connectivity index (χ0v) is 24.1. The number of anilines is 1. The Bertz CT molecular complexity index is 1880. The standard InChI is InChI=1S/C23H19ClN8O9S2/c1-7(21(37)38)41-30-12(11-15(24)43-23(25)29-11)16(33)28-13-19(36)32-14(22(39)40)8(6-42-20(13)32)4-31-3-2-9-10(5-31)27-18(35)17(34)26-9/h2-3,5,7,13,20H,4,6H2,1H3,(H6,25,27,28,29,33,35,37,38,39,40)/p+1/t7-,13+,20?/m0/s1. The first kappa shape index (κ1) is 29.7. The Morgan fingerprint density at radius 2 is 1.98 bits per heavy atom. The molecule has 0 saturated carbocycles. The van der Waals surface area contributed by atoms with Gasteiger partial charge in [0.15, 0.2) is 29.8 Å². The monoisotopic (exact) mass is 651 g/mol. The highest BCUT2D eigenvalue weighted by Gasteiger charge is 2.55. The number of carboxylic acid groups (broad SMARTS) is 2. The number of halogens is 1. The van der Waals surface area contributed by atoms with E-state index in [4.69, 9.17) is 27.3 Å². The van der Waals surface area contributed by atoms with Gasteiger partial charge in [-0.05, 0) is 6.92 Å². The van der Waals surface area contributed by atoms with Gasteiger partial charge in [-0.1, -0.05) is 28.1 Å². The van der Waals surface area contributed by atoms with E-state index < -0.39 is 58.1 Å². The molecule has 2 amide bonds. The molecule has 20 heteroatoms. The smallest absolute Gasteiger partial charge is 0.352 e. The number of nitrogens with two attached hydrogens (primary N) is 1. The highest BCUT2D eigenvalue weighted by atomic mass is 35.5. The lowest BCUT2D eigenvalue weighted by Crippen LogP contribution is -2.71. The lowest BCUT2D eigenvalue weighted by Gasteiger charge is -2.49. The number of H-pyrrole nitrogens is 2. The molecule has 3 atom stereocenters. The fourth-order valence-electron chi connectivity index (χ4n) is 4.27. The first-order valence-corrected chi connectivity index (χ1v) is 14.3. The second-order valence-corrected chi connectivity index (χ2v) is 11.9. The van der Waals surface area contributed by atoms with Gasteiger partial charge in [-0.15, -0.1) is 11.8 Å². The van der Waals surface area contributed by atoms with Crippen LogP contribution in [-0.2, 0) is 30.6 Å². The highest BCUT2D eigenvalue weighted by Crippen LogP contribution is 2.40. The number of carboxylic acids is 2. The van der Waals surface area contributed by atoms with E-state index >= 15 is 0 Å². The number of carbonyl (C=O) groups is 4. The first-order chi connectivity index (χ1) is 20.3. The second kappa shape index (κ2) is 11.5. The van der Waals surface area contributed by atoms with E-state index in [2.05, 4.69) is 25.4 Å². The molecule has 1 unspecified atom stereocenters. The number of nitrogens with one attached hydrogen (secondary N) is 3. The maximum atomic E-state index is 13.2. The van der Waals surface area contributed by atoms with E-state index in [1.54, 1.807) is 10.8 Å². The molecule has 7 N–H and O–H groups in total. The van der Waals surface area contributed by atoms with Crippen LogP contribution in [0.5, 0.6) is 0 Å². The van der Waals surface area contributed by atoms with Crippen molar-refractivity contribution in [3.63, 3.8) is 0 Å². The van der Waals surface area contributed by atoms with Crippen LogP contribution in [0.1, 0.15) is 12.6 Å². The quantitative estimate of drug-likeness (QED) is 0.0526. The average Bonchev–Trinajstić information content (AvgIpc) is 3.28. The largest absolute Gasteiger partial charge is 0.478 e. The van der Waals surface area contributed by atoms with Crippen LogP contribution in [0, 0.1) is 0 Å². The number of aromatic amines is 2. The Labute approximate surface area is 252 Å². The molecule has 3 aromatic heterocycles. The zero-order chi connectivity index (χ0) is 31.2. The van der Waals surface area contributed by atoms with Crippen molar-refractivity contribution in [1.29, 1.82) is 0 Å². The van der Waals surface area contributed by atoms with Gasteiger partial charge in [0.25, 0.3) is 11.8 Å². The molecule has 5 rings (SSSR count). The van der Waals surface area contributed by atoms with Crippen molar-refractivity contribution >= 4 is 80.3 Å². The molecule has 224 valence electrons. The zero-order valence-electron chi connectivity index (χ0n) is 21.7. The molecular weight excluding hydrogens is 632 g/mol. The molecule has 0 aromatic carbocycles. The predicted octanol–water partition coefficient (Wildman–Crippen LogP) is -1.17. The molecule has 2 aliphatic rings. The maximum absolute atomic E-state index is 13.2. The highest BCUT2D eigenvalue weighted by molar-refractivity contribution is 8.00. The van der Waals surface area contributed by atoms with E-state index in [1.165, 1.54) is 30.9 Å². The molecule has 2 aliphatic heterocycles. The van der Waals surface area contributed by atoms with Crippen LogP contribution in [0.2, 0.25) is 4.34 Å². The van der Waals surface area contributed by atoms with Crippen molar-refractivity contribution in [2.75, 3.05) is 11.5 Å². The van der Waals surface area contributed by atoms with Crippen LogP contribution in [-0.4, -0.2) is 82.8 Å². The van der Waals surface area contributed by atoms with E-state index in [0.29, 0.717) is 16.6 Å². The van der Waals surface area contributed by atoms with Crippen LogP contribution in [0.15, 0.2) is 44.5 Å². The number of hydrogen-bond acceptors (Lipinski definition) is 12. The summed E-state index contributed by atoms with van der Waals surface area (Å²) >= 11 is 8.16. The van der Waals surface area contributed by atoms with Crippen molar-refractivity contribution in [3.05, 3.63) is 60.5 Å². The Hall–Kier alpha value is -4.75. The topological polar surface area (TPSA) is 254 Å². The van der Waals surface area contributed by atoms with Crippen LogP contribution in [0.25, 0.3) is 11.0 Å².